The number of carbonyl (C=O) groups is 1. The second-order valence-corrected chi connectivity index (χ2v) is 11.7. The van der Waals surface area contributed by atoms with Crippen LogP contribution in [0.4, 0.5) is 4.79 Å². The maximum absolute atomic E-state index is 13.5. The Balaban J connectivity index is 0.00000127. The average Bonchev–Trinajstić information content (AvgIpc) is 3.29. The van der Waals surface area contributed by atoms with Crippen LogP contribution in [0.1, 0.15) is 60.2 Å². The summed E-state index contributed by atoms with van der Waals surface area (Å²) in [6.07, 6.45) is 3.09. The molecule has 1 N–H and O–H groups in total. The highest BCUT2D eigenvalue weighted by molar-refractivity contribution is 9.10. The first-order chi connectivity index (χ1) is 17.7. The Bertz CT molecular complexity index is 1440. The van der Waals surface area contributed by atoms with E-state index in [2.05, 4.69) is 31.2 Å². The number of imidazole rings is 1. The van der Waals surface area contributed by atoms with E-state index in [9.17, 15) is 9.59 Å². The first-order valence-corrected chi connectivity index (χ1v) is 13.4. The number of piperazine rings is 1. The topological polar surface area (TPSA) is 118 Å². The molecule has 1 fully saturated rings. The Kier molecular flexibility index (Phi) is 8.91. The maximum Gasteiger partial charge on any atom is 0.410 e. The normalized spacial score (nSPS) is 17.7. The monoisotopic (exact) mass is 605 g/mol. The number of nitrogens with one attached hydrogen (secondary N) is 1. The summed E-state index contributed by atoms with van der Waals surface area (Å²) in [6, 6.07) is 5.44. The third-order valence-electron chi connectivity index (χ3n) is 5.92. The van der Waals surface area contributed by atoms with Crippen molar-refractivity contribution in [2.75, 3.05) is 19.6 Å². The molecule has 2 aromatic heterocycles. The number of carbonyl (C=O) groups excluding carboxylic acids is 1. The fraction of sp³-hybridized carbons (Fsp3) is 0.500. The zero-order valence-corrected chi connectivity index (χ0v) is 25.0. The number of rotatable bonds is 3. The van der Waals surface area contributed by atoms with E-state index in [1.165, 1.54) is 11.5 Å². The lowest BCUT2D eigenvalue weighted by Crippen LogP contribution is -2.59. The first-order valence-electron chi connectivity index (χ1n) is 12.2. The average molecular weight is 607 g/mol. The van der Waals surface area contributed by atoms with Gasteiger partial charge in [-0.25, -0.2) is 19.1 Å². The van der Waals surface area contributed by atoms with Gasteiger partial charge in [-0.2, -0.15) is 10.2 Å². The van der Waals surface area contributed by atoms with Gasteiger partial charge in [-0.15, -0.1) is 0 Å². The molecule has 0 unspecified atom stereocenters. The molecule has 0 radical (unpaired) electrons. The van der Waals surface area contributed by atoms with Crippen LogP contribution < -0.4 is 11.0 Å². The summed E-state index contributed by atoms with van der Waals surface area (Å²) in [4.78, 5) is 37.0. The molecule has 204 valence electrons. The SMILES string of the molecule is CC#N.CC(C)n1ccnc1-n1c(=O)nc([C@]2(C)CN(C(=O)OC(C)(C)C)CCN2)c2cc(Cl)c(Br)cc21. The third-order valence-corrected chi connectivity index (χ3v) is 7.11. The Morgan fingerprint density at radius 1 is 1.34 bits per heavy atom. The van der Waals surface area contributed by atoms with Crippen LogP contribution in [0, 0.1) is 11.3 Å². The summed E-state index contributed by atoms with van der Waals surface area (Å²) in [5.74, 6) is 0.473. The van der Waals surface area contributed by atoms with Gasteiger partial charge in [0.05, 0.1) is 27.8 Å². The van der Waals surface area contributed by atoms with Crippen molar-refractivity contribution < 1.29 is 9.53 Å². The van der Waals surface area contributed by atoms with Gasteiger partial charge in [-0.3, -0.25) is 0 Å². The van der Waals surface area contributed by atoms with Gasteiger partial charge in [0.2, 0.25) is 5.95 Å². The van der Waals surface area contributed by atoms with E-state index < -0.39 is 22.9 Å². The molecule has 10 nitrogen and oxygen atoms in total. The largest absolute Gasteiger partial charge is 0.444 e. The number of hydrogen-bond acceptors (Lipinski definition) is 7. The highest BCUT2D eigenvalue weighted by atomic mass is 79.9. The summed E-state index contributed by atoms with van der Waals surface area (Å²) in [5.41, 5.74) is -0.758. The minimum Gasteiger partial charge on any atom is -0.444 e. The molecule has 38 heavy (non-hydrogen) atoms. The van der Waals surface area contributed by atoms with Crippen molar-refractivity contribution in [3.8, 4) is 12.0 Å². The fourth-order valence-electron chi connectivity index (χ4n) is 4.34. The van der Waals surface area contributed by atoms with Crippen LogP contribution in [-0.2, 0) is 10.3 Å². The number of fused-ring (bicyclic) bond motifs is 1. The van der Waals surface area contributed by atoms with Gasteiger partial charge >= 0.3 is 11.8 Å². The van der Waals surface area contributed by atoms with Crippen molar-refractivity contribution in [2.24, 2.45) is 0 Å². The summed E-state index contributed by atoms with van der Waals surface area (Å²) in [7, 11) is 0. The molecule has 1 aliphatic rings. The van der Waals surface area contributed by atoms with Crippen LogP contribution >= 0.6 is 27.5 Å². The van der Waals surface area contributed by atoms with Crippen molar-refractivity contribution in [1.82, 2.24) is 29.3 Å². The predicted octanol–water partition coefficient (Wildman–Crippen LogP) is 5.16. The number of amides is 1. The molecule has 12 heteroatoms. The quantitative estimate of drug-likeness (QED) is 0.437. The van der Waals surface area contributed by atoms with Crippen LogP contribution in [0.2, 0.25) is 5.02 Å². The first kappa shape index (κ1) is 29.6. The van der Waals surface area contributed by atoms with Gasteiger partial charge in [0.15, 0.2) is 0 Å². The molecule has 1 aliphatic heterocycles. The Hall–Kier alpha value is -2.94. The number of nitrogens with zero attached hydrogens (tertiary/aromatic N) is 6. The zero-order valence-electron chi connectivity index (χ0n) is 22.7. The van der Waals surface area contributed by atoms with E-state index in [-0.39, 0.29) is 12.6 Å². The zero-order chi connectivity index (χ0) is 28.4. The molecule has 0 saturated carbocycles. The van der Waals surface area contributed by atoms with E-state index in [1.807, 2.05) is 52.3 Å². The van der Waals surface area contributed by atoms with E-state index in [4.69, 9.17) is 21.6 Å². The van der Waals surface area contributed by atoms with Crippen LogP contribution in [0.3, 0.4) is 0 Å². The van der Waals surface area contributed by atoms with Gasteiger partial charge in [-0.1, -0.05) is 11.6 Å². The van der Waals surface area contributed by atoms with Crippen molar-refractivity contribution in [3.63, 3.8) is 0 Å². The molecular formula is C26H33BrClN7O3. The second kappa shape index (κ2) is 11.4. The van der Waals surface area contributed by atoms with E-state index in [0.717, 1.165) is 0 Å². The lowest BCUT2D eigenvalue weighted by atomic mass is 9.91. The Labute approximate surface area is 235 Å². The molecule has 4 rings (SSSR count). The number of benzene rings is 1. The molecular weight excluding hydrogens is 574 g/mol. The number of hydrogen-bond donors (Lipinski definition) is 1. The summed E-state index contributed by atoms with van der Waals surface area (Å²) >= 11 is 10.0. The Morgan fingerprint density at radius 3 is 2.61 bits per heavy atom. The number of aromatic nitrogens is 4. The molecule has 1 amide bonds. The molecule has 1 aromatic carbocycles. The van der Waals surface area contributed by atoms with E-state index in [1.54, 1.807) is 29.3 Å². The van der Waals surface area contributed by atoms with E-state index in [0.29, 0.717) is 45.1 Å². The highest BCUT2D eigenvalue weighted by Crippen LogP contribution is 2.34. The van der Waals surface area contributed by atoms with Crippen LogP contribution in [-0.4, -0.2) is 55.3 Å². The molecule has 1 atom stereocenters. The molecule has 0 spiro atoms. The van der Waals surface area contributed by atoms with E-state index >= 15 is 0 Å². The van der Waals surface area contributed by atoms with Crippen LogP contribution in [0.15, 0.2) is 33.8 Å². The number of nitriles is 1. The lowest BCUT2D eigenvalue weighted by Gasteiger charge is -2.41. The highest BCUT2D eigenvalue weighted by Gasteiger charge is 2.39. The summed E-state index contributed by atoms with van der Waals surface area (Å²) < 4.78 is 9.65. The van der Waals surface area contributed by atoms with Gasteiger partial charge in [0.25, 0.3) is 0 Å². The van der Waals surface area contributed by atoms with Crippen molar-refractivity contribution >= 4 is 44.5 Å². The predicted molar refractivity (Wildman–Crippen MR) is 151 cm³/mol. The standard InChI is InChI=1S/C24H30BrClN6O3.C2H3N/c1-14(2)31-10-7-27-20(31)32-18-12-16(25)17(26)11-15(18)19(29-21(32)33)24(6)13-30(9-8-28-24)22(34)35-23(3,4)5;1-2-3/h7,10-12,14,28H,8-9,13H2,1-6H3;1H3/t24-;/m0./s1. The molecule has 0 aliphatic carbocycles. The lowest BCUT2D eigenvalue weighted by molar-refractivity contribution is 0.0131. The minimum atomic E-state index is -0.809. The molecule has 3 heterocycles. The molecule has 1 saturated heterocycles. The number of ether oxygens (including phenoxy) is 1. The van der Waals surface area contributed by atoms with Gasteiger partial charge in [0, 0.05) is 54.9 Å². The van der Waals surface area contributed by atoms with Gasteiger partial charge in [-0.05, 0) is 69.6 Å². The molecule has 3 aromatic rings. The smallest absolute Gasteiger partial charge is 0.410 e. The minimum absolute atomic E-state index is 0.0878. The Morgan fingerprint density at radius 2 is 2.00 bits per heavy atom. The summed E-state index contributed by atoms with van der Waals surface area (Å²) in [6.45, 7) is 14.2. The van der Waals surface area contributed by atoms with Gasteiger partial charge < -0.3 is 19.5 Å². The van der Waals surface area contributed by atoms with Gasteiger partial charge in [0.1, 0.15) is 5.60 Å². The van der Waals surface area contributed by atoms with Crippen molar-refractivity contribution in [2.45, 2.75) is 65.6 Å². The van der Waals surface area contributed by atoms with Crippen molar-refractivity contribution in [1.29, 1.82) is 5.26 Å². The second-order valence-electron chi connectivity index (χ2n) is 10.5. The van der Waals surface area contributed by atoms with Crippen molar-refractivity contribution in [3.05, 3.63) is 50.2 Å². The third kappa shape index (κ3) is 6.20. The maximum atomic E-state index is 13.5. The number of halogens is 2. The van der Waals surface area contributed by atoms with Crippen LogP contribution in [0.25, 0.3) is 16.9 Å². The fourth-order valence-corrected chi connectivity index (χ4v) is 4.83. The molecule has 0 bridgehead atoms. The van der Waals surface area contributed by atoms with Crippen LogP contribution in [0.5, 0.6) is 0 Å². The summed E-state index contributed by atoms with van der Waals surface area (Å²) in [5, 5.41) is 12.0.